The first-order valence-electron chi connectivity index (χ1n) is 17.6. The van der Waals surface area contributed by atoms with Crippen LogP contribution < -0.4 is 9.47 Å². The van der Waals surface area contributed by atoms with Crippen LogP contribution in [-0.4, -0.2) is 49.9 Å². The summed E-state index contributed by atoms with van der Waals surface area (Å²) in [5.41, 5.74) is -6.37. The molecule has 0 saturated carbocycles. The quantitative estimate of drug-likeness (QED) is 0.0687. The number of carbonyl (C=O) groups is 2. The van der Waals surface area contributed by atoms with Crippen molar-refractivity contribution >= 4 is 31.8 Å². The highest BCUT2D eigenvalue weighted by Gasteiger charge is 2.72. The van der Waals surface area contributed by atoms with Crippen LogP contribution >= 0.6 is 0 Å². The third-order valence-corrected chi connectivity index (χ3v) is 11.6. The highest BCUT2D eigenvalue weighted by Crippen LogP contribution is 2.56. The summed E-state index contributed by atoms with van der Waals surface area (Å²) in [6.07, 6.45) is -11.8. The molecule has 0 unspecified atom stereocenters. The molecule has 18 heteroatoms. The van der Waals surface area contributed by atoms with Gasteiger partial charge in [0, 0.05) is 22.3 Å². The molecule has 0 fully saturated rings. The van der Waals surface area contributed by atoms with Crippen molar-refractivity contribution in [3.63, 3.8) is 0 Å². The number of carbonyl (C=O) groups excluding carboxylic acids is 2. The number of benzene rings is 6. The zero-order chi connectivity index (χ0) is 44.7. The largest absolute Gasteiger partial charge is 0.457 e. The van der Waals surface area contributed by atoms with Gasteiger partial charge in [0.25, 0.3) is 20.2 Å². The lowest BCUT2D eigenvalue weighted by Crippen LogP contribution is -2.54. The molecule has 6 rings (SSSR count). The highest BCUT2D eigenvalue weighted by molar-refractivity contribution is 7.86. The van der Waals surface area contributed by atoms with E-state index in [1.807, 2.05) is 0 Å². The van der Waals surface area contributed by atoms with Crippen LogP contribution in [0.3, 0.4) is 0 Å². The molecule has 6 aromatic rings. The van der Waals surface area contributed by atoms with E-state index in [1.165, 1.54) is 86.6 Å². The molecule has 0 aliphatic rings. The summed E-state index contributed by atoms with van der Waals surface area (Å²) in [5.74, 6) is -1.39. The van der Waals surface area contributed by atoms with Gasteiger partial charge in [0.2, 0.25) is 5.41 Å². The minimum Gasteiger partial charge on any atom is -0.457 e. The number of aryl methyl sites for hydroxylation is 2. The van der Waals surface area contributed by atoms with Crippen LogP contribution in [0.1, 0.15) is 54.1 Å². The number of rotatable bonds is 12. The van der Waals surface area contributed by atoms with E-state index in [4.69, 9.17) is 9.47 Å². The fraction of sp³-hybridized carbons (Fsp3) is 0.116. The van der Waals surface area contributed by atoms with Crippen molar-refractivity contribution in [2.45, 2.75) is 41.4 Å². The summed E-state index contributed by atoms with van der Waals surface area (Å²) in [6.45, 7) is 2.86. The van der Waals surface area contributed by atoms with E-state index in [1.54, 1.807) is 0 Å². The third kappa shape index (κ3) is 9.07. The predicted octanol–water partition coefficient (Wildman–Crippen LogP) is 10.3. The lowest BCUT2D eigenvalue weighted by atomic mass is 9.73. The number of hydrogen-bond donors (Lipinski definition) is 2. The van der Waals surface area contributed by atoms with E-state index >= 15 is 0 Å². The Labute approximate surface area is 344 Å². The zero-order valence-corrected chi connectivity index (χ0v) is 33.1. The molecular weight excluding hydrogens is 855 g/mol. The first kappa shape index (κ1) is 44.2. The molecule has 316 valence electrons. The number of ketones is 2. The van der Waals surface area contributed by atoms with Crippen LogP contribution in [0.5, 0.6) is 23.0 Å². The second-order valence-electron chi connectivity index (χ2n) is 13.6. The van der Waals surface area contributed by atoms with Gasteiger partial charge in [-0.1, -0.05) is 48.5 Å². The van der Waals surface area contributed by atoms with E-state index in [0.717, 1.165) is 36.4 Å². The SMILES string of the molecule is Cc1ccc(C(=O)c2ccc(Oc3ccc(C(c4ccc(Oc5ccc(C(=O)c6ccc(C)c(S(=O)(=O)O)c6)cc5)cc4)(C(F)(F)F)C(F)(F)F)cc3)cc2)cc1S(=O)(=O)O. The maximum absolute atomic E-state index is 14.9. The number of ether oxygens (including phenoxy) is 2. The lowest BCUT2D eigenvalue weighted by molar-refractivity contribution is -0.288. The lowest BCUT2D eigenvalue weighted by Gasteiger charge is -2.38. The number of alkyl halides is 6. The van der Waals surface area contributed by atoms with Gasteiger partial charge in [0.1, 0.15) is 23.0 Å². The van der Waals surface area contributed by atoms with Crippen molar-refractivity contribution in [1.82, 2.24) is 0 Å². The van der Waals surface area contributed by atoms with Crippen LogP contribution in [0, 0.1) is 13.8 Å². The molecule has 0 radical (unpaired) electrons. The standard InChI is InChI=1S/C43H30F6O10S2/c1-25-3-5-29(23-37(25)60(52,53)54)39(50)27-7-15-33(16-8-27)58-35-19-11-31(12-20-35)41(42(44,45)46,43(47,48)49)32-13-21-36(22-14-32)59-34-17-9-28(10-18-34)40(51)30-6-4-26(2)38(24-30)61(55,56)57/h3-24H,1-2H3,(H,52,53,54)(H,55,56,57). The van der Waals surface area contributed by atoms with Gasteiger partial charge < -0.3 is 9.47 Å². The third-order valence-electron chi connectivity index (χ3n) is 9.59. The van der Waals surface area contributed by atoms with Gasteiger partial charge in [-0.25, -0.2) is 0 Å². The first-order valence-corrected chi connectivity index (χ1v) is 20.4. The molecular formula is C43H30F6O10S2. The van der Waals surface area contributed by atoms with Crippen LogP contribution in [0.25, 0.3) is 0 Å². The summed E-state index contributed by atoms with van der Waals surface area (Å²) < 4.78 is 166. The molecule has 10 nitrogen and oxygen atoms in total. The fourth-order valence-electron chi connectivity index (χ4n) is 6.52. The van der Waals surface area contributed by atoms with E-state index in [-0.39, 0.29) is 56.4 Å². The summed E-state index contributed by atoms with van der Waals surface area (Å²) in [6, 6.07) is 24.1. The predicted molar refractivity (Wildman–Crippen MR) is 208 cm³/mol. The first-order chi connectivity index (χ1) is 28.4. The Morgan fingerprint density at radius 1 is 0.443 bits per heavy atom. The topological polar surface area (TPSA) is 161 Å². The Balaban J connectivity index is 1.20. The van der Waals surface area contributed by atoms with E-state index in [0.29, 0.717) is 24.3 Å². The smallest absolute Gasteiger partial charge is 0.411 e. The van der Waals surface area contributed by atoms with Gasteiger partial charge in [0.15, 0.2) is 11.6 Å². The second-order valence-corrected chi connectivity index (χ2v) is 16.4. The van der Waals surface area contributed by atoms with Gasteiger partial charge in [-0.15, -0.1) is 0 Å². The molecule has 6 aromatic carbocycles. The highest BCUT2D eigenvalue weighted by atomic mass is 32.2. The maximum Gasteiger partial charge on any atom is 0.411 e. The van der Waals surface area contributed by atoms with Gasteiger partial charge in [0.05, 0.1) is 9.79 Å². The van der Waals surface area contributed by atoms with Crippen LogP contribution in [-0.2, 0) is 25.7 Å². The van der Waals surface area contributed by atoms with Gasteiger partial charge in [-0.05, 0) is 121 Å². The molecule has 0 aliphatic carbocycles. The average Bonchev–Trinajstić information content (AvgIpc) is 3.18. The molecule has 0 atom stereocenters. The summed E-state index contributed by atoms with van der Waals surface area (Å²) in [5, 5.41) is 0. The molecule has 0 bridgehead atoms. The molecule has 0 spiro atoms. The van der Waals surface area contributed by atoms with Crippen molar-refractivity contribution in [2.75, 3.05) is 0 Å². The van der Waals surface area contributed by atoms with Crippen molar-refractivity contribution in [3.05, 3.63) is 178 Å². The minimum absolute atomic E-state index is 0.0507. The molecule has 0 heterocycles. The fourth-order valence-corrected chi connectivity index (χ4v) is 8.02. The Bertz CT molecular complexity index is 2660. The average molecular weight is 885 g/mol. The molecule has 61 heavy (non-hydrogen) atoms. The summed E-state index contributed by atoms with van der Waals surface area (Å²) >= 11 is 0. The van der Waals surface area contributed by atoms with E-state index in [2.05, 4.69) is 0 Å². The van der Waals surface area contributed by atoms with E-state index < -0.39 is 70.5 Å². The Morgan fingerprint density at radius 3 is 0.967 bits per heavy atom. The molecule has 0 aromatic heterocycles. The van der Waals surface area contributed by atoms with Gasteiger partial charge in [-0.2, -0.15) is 43.2 Å². The Kier molecular flexibility index (Phi) is 11.8. The molecule has 0 amide bonds. The Morgan fingerprint density at radius 2 is 0.705 bits per heavy atom. The van der Waals surface area contributed by atoms with Crippen molar-refractivity contribution < 1.29 is 71.3 Å². The summed E-state index contributed by atoms with van der Waals surface area (Å²) in [7, 11) is -9.22. The van der Waals surface area contributed by atoms with Gasteiger partial charge in [-0.3, -0.25) is 18.7 Å². The van der Waals surface area contributed by atoms with Crippen molar-refractivity contribution in [3.8, 4) is 23.0 Å². The molecule has 0 saturated heterocycles. The minimum atomic E-state index is -5.90. The normalized spacial score (nSPS) is 12.5. The van der Waals surface area contributed by atoms with E-state index in [9.17, 15) is 61.9 Å². The molecule has 0 aliphatic heterocycles. The molecule has 2 N–H and O–H groups in total. The van der Waals surface area contributed by atoms with Crippen LogP contribution in [0.15, 0.2) is 143 Å². The summed E-state index contributed by atoms with van der Waals surface area (Å²) in [4.78, 5) is 25.1. The van der Waals surface area contributed by atoms with Gasteiger partial charge >= 0.3 is 12.4 Å². The number of hydrogen-bond acceptors (Lipinski definition) is 8. The van der Waals surface area contributed by atoms with Crippen LogP contribution in [0.2, 0.25) is 0 Å². The van der Waals surface area contributed by atoms with Crippen molar-refractivity contribution in [2.24, 2.45) is 0 Å². The second kappa shape index (κ2) is 16.3. The zero-order valence-electron chi connectivity index (χ0n) is 31.4. The van der Waals surface area contributed by atoms with Crippen molar-refractivity contribution in [1.29, 1.82) is 0 Å². The number of halogens is 6. The Hall–Kier alpha value is -6.34. The monoisotopic (exact) mass is 884 g/mol. The van der Waals surface area contributed by atoms with Crippen LogP contribution in [0.4, 0.5) is 26.3 Å². The maximum atomic E-state index is 14.9.